The lowest BCUT2D eigenvalue weighted by Gasteiger charge is -2.15. The highest BCUT2D eigenvalue weighted by atomic mass is 19.4. The predicted octanol–water partition coefficient (Wildman–Crippen LogP) is 2.45. The van der Waals surface area contributed by atoms with Crippen LogP contribution < -0.4 is 10.1 Å². The SMILES string of the molecule is FC(F)(F)Oc1cccc([C@@]23CNC[C@@H]2C3)c1. The standard InChI is InChI=1S/C12H12F3NO/c13-12(14,15)17-10-3-1-2-8(4-10)11-5-9(11)6-16-7-11/h1-4,9,16H,5-7H2/t9-,11+/m0/s1. The molecule has 1 aliphatic carbocycles. The molecule has 2 aliphatic rings. The van der Waals surface area contributed by atoms with Gasteiger partial charge in [0.25, 0.3) is 0 Å². The van der Waals surface area contributed by atoms with Crippen molar-refractivity contribution >= 4 is 0 Å². The first kappa shape index (κ1) is 10.9. The number of hydrogen-bond acceptors (Lipinski definition) is 2. The van der Waals surface area contributed by atoms with E-state index in [4.69, 9.17) is 0 Å². The number of benzene rings is 1. The zero-order chi connectivity index (χ0) is 12.1. The number of piperidine rings is 1. The maximum atomic E-state index is 12.1. The second-order valence-electron chi connectivity index (χ2n) is 4.76. The van der Waals surface area contributed by atoms with Gasteiger partial charge in [-0.05, 0) is 36.6 Å². The third-order valence-electron chi connectivity index (χ3n) is 3.71. The minimum Gasteiger partial charge on any atom is -0.406 e. The molecule has 2 fully saturated rings. The van der Waals surface area contributed by atoms with E-state index in [0.717, 1.165) is 25.1 Å². The number of nitrogens with one attached hydrogen (secondary N) is 1. The summed E-state index contributed by atoms with van der Waals surface area (Å²) in [6.45, 7) is 1.82. The number of rotatable bonds is 2. The number of halogens is 3. The number of ether oxygens (including phenoxy) is 1. The first-order valence-electron chi connectivity index (χ1n) is 5.57. The first-order chi connectivity index (χ1) is 8.00. The molecule has 0 amide bonds. The van der Waals surface area contributed by atoms with Gasteiger partial charge in [0.1, 0.15) is 5.75 Å². The summed E-state index contributed by atoms with van der Waals surface area (Å²) in [4.78, 5) is 0. The van der Waals surface area contributed by atoms with Gasteiger partial charge in [-0.2, -0.15) is 0 Å². The maximum absolute atomic E-state index is 12.1. The maximum Gasteiger partial charge on any atom is 0.573 e. The topological polar surface area (TPSA) is 21.3 Å². The van der Waals surface area contributed by atoms with Crippen LogP contribution in [0.1, 0.15) is 12.0 Å². The Balaban J connectivity index is 1.85. The van der Waals surface area contributed by atoms with E-state index in [1.165, 1.54) is 12.1 Å². The molecule has 1 N–H and O–H groups in total. The van der Waals surface area contributed by atoms with Crippen LogP contribution in [0.5, 0.6) is 5.75 Å². The van der Waals surface area contributed by atoms with E-state index in [0.29, 0.717) is 5.92 Å². The van der Waals surface area contributed by atoms with E-state index in [2.05, 4.69) is 10.1 Å². The highest BCUT2D eigenvalue weighted by Crippen LogP contribution is 2.56. The highest BCUT2D eigenvalue weighted by molar-refractivity contribution is 5.41. The lowest BCUT2D eigenvalue weighted by atomic mass is 9.95. The van der Waals surface area contributed by atoms with E-state index in [1.807, 2.05) is 6.07 Å². The lowest BCUT2D eigenvalue weighted by molar-refractivity contribution is -0.274. The number of hydrogen-bond donors (Lipinski definition) is 1. The molecule has 0 radical (unpaired) electrons. The summed E-state index contributed by atoms with van der Waals surface area (Å²) in [5, 5.41) is 3.27. The summed E-state index contributed by atoms with van der Waals surface area (Å²) >= 11 is 0. The molecule has 2 atom stereocenters. The largest absolute Gasteiger partial charge is 0.573 e. The first-order valence-corrected chi connectivity index (χ1v) is 5.57. The molecule has 1 aliphatic heterocycles. The molecule has 5 heteroatoms. The predicted molar refractivity (Wildman–Crippen MR) is 55.8 cm³/mol. The highest BCUT2D eigenvalue weighted by Gasteiger charge is 2.58. The summed E-state index contributed by atoms with van der Waals surface area (Å²) in [5.41, 5.74) is 1.01. The van der Waals surface area contributed by atoms with Crippen LogP contribution in [0, 0.1) is 5.92 Å². The van der Waals surface area contributed by atoms with Crippen LogP contribution in [0.2, 0.25) is 0 Å². The normalized spacial score (nSPS) is 31.1. The van der Waals surface area contributed by atoms with Crippen LogP contribution in [-0.2, 0) is 5.41 Å². The van der Waals surface area contributed by atoms with E-state index < -0.39 is 6.36 Å². The van der Waals surface area contributed by atoms with Crippen LogP contribution in [0.25, 0.3) is 0 Å². The Morgan fingerprint density at radius 1 is 1.35 bits per heavy atom. The van der Waals surface area contributed by atoms with Crippen molar-refractivity contribution in [3.8, 4) is 5.75 Å². The van der Waals surface area contributed by atoms with Crippen molar-refractivity contribution in [1.29, 1.82) is 0 Å². The average Bonchev–Trinajstić information content (AvgIpc) is 2.80. The fourth-order valence-corrected chi connectivity index (χ4v) is 2.79. The number of fused-ring (bicyclic) bond motifs is 1. The van der Waals surface area contributed by atoms with Crippen LogP contribution in [0.15, 0.2) is 24.3 Å². The van der Waals surface area contributed by atoms with E-state index in [1.54, 1.807) is 6.07 Å². The van der Waals surface area contributed by atoms with Crippen LogP contribution in [0.4, 0.5) is 13.2 Å². The van der Waals surface area contributed by atoms with Crippen LogP contribution in [-0.4, -0.2) is 19.5 Å². The summed E-state index contributed by atoms with van der Waals surface area (Å²) in [5.74, 6) is 0.450. The molecule has 17 heavy (non-hydrogen) atoms. The van der Waals surface area contributed by atoms with Gasteiger partial charge in [0.15, 0.2) is 0 Å². The third-order valence-corrected chi connectivity index (χ3v) is 3.71. The van der Waals surface area contributed by atoms with E-state index >= 15 is 0 Å². The fourth-order valence-electron chi connectivity index (χ4n) is 2.79. The minimum atomic E-state index is -4.62. The molecule has 1 saturated heterocycles. The van der Waals surface area contributed by atoms with Crippen molar-refractivity contribution in [1.82, 2.24) is 5.32 Å². The second kappa shape index (κ2) is 3.38. The minimum absolute atomic E-state index is 0.0605. The Hall–Kier alpha value is -1.23. The molecule has 1 saturated carbocycles. The molecular weight excluding hydrogens is 231 g/mol. The molecule has 92 valence electrons. The van der Waals surface area contributed by atoms with E-state index in [9.17, 15) is 13.2 Å². The van der Waals surface area contributed by atoms with Gasteiger partial charge < -0.3 is 10.1 Å². The molecule has 1 heterocycles. The molecule has 1 aromatic carbocycles. The summed E-state index contributed by atoms with van der Waals surface area (Å²) in [7, 11) is 0. The molecule has 3 rings (SSSR count). The molecule has 2 nitrogen and oxygen atoms in total. The Labute approximate surface area is 96.8 Å². The lowest BCUT2D eigenvalue weighted by Crippen LogP contribution is -2.20. The zero-order valence-corrected chi connectivity index (χ0v) is 9.05. The zero-order valence-electron chi connectivity index (χ0n) is 9.05. The quantitative estimate of drug-likeness (QED) is 0.861. The van der Waals surface area contributed by atoms with Crippen molar-refractivity contribution in [2.24, 2.45) is 5.92 Å². The molecule has 1 aromatic rings. The number of alkyl halides is 3. The Kier molecular flexibility index (Phi) is 2.17. The van der Waals surface area contributed by atoms with Gasteiger partial charge >= 0.3 is 6.36 Å². The molecule has 0 bridgehead atoms. The van der Waals surface area contributed by atoms with Crippen molar-refractivity contribution in [2.75, 3.05) is 13.1 Å². The van der Waals surface area contributed by atoms with Gasteiger partial charge in [0, 0.05) is 12.0 Å². The summed E-state index contributed by atoms with van der Waals surface area (Å²) in [6, 6.07) is 6.36. The van der Waals surface area contributed by atoms with Crippen molar-refractivity contribution in [2.45, 2.75) is 18.2 Å². The Bertz CT molecular complexity index is 446. The fraction of sp³-hybridized carbons (Fsp3) is 0.500. The second-order valence-corrected chi connectivity index (χ2v) is 4.76. The molecule has 0 spiro atoms. The monoisotopic (exact) mass is 243 g/mol. The van der Waals surface area contributed by atoms with E-state index in [-0.39, 0.29) is 11.2 Å². The van der Waals surface area contributed by atoms with Gasteiger partial charge in [0.05, 0.1) is 0 Å². The van der Waals surface area contributed by atoms with Gasteiger partial charge in [-0.15, -0.1) is 13.2 Å². The molecule has 0 aromatic heterocycles. The van der Waals surface area contributed by atoms with Crippen molar-refractivity contribution < 1.29 is 17.9 Å². The smallest absolute Gasteiger partial charge is 0.406 e. The molecule has 0 unspecified atom stereocenters. The van der Waals surface area contributed by atoms with Gasteiger partial charge in [-0.3, -0.25) is 0 Å². The van der Waals surface area contributed by atoms with Gasteiger partial charge in [-0.25, -0.2) is 0 Å². The molecular formula is C12H12F3NO. The third kappa shape index (κ3) is 1.88. The van der Waals surface area contributed by atoms with Crippen molar-refractivity contribution in [3.05, 3.63) is 29.8 Å². The Morgan fingerprint density at radius 3 is 2.76 bits per heavy atom. The Morgan fingerprint density at radius 2 is 2.18 bits per heavy atom. The van der Waals surface area contributed by atoms with Crippen LogP contribution in [0.3, 0.4) is 0 Å². The summed E-state index contributed by atoms with van der Waals surface area (Å²) < 4.78 is 40.3. The van der Waals surface area contributed by atoms with Crippen molar-refractivity contribution in [3.63, 3.8) is 0 Å². The average molecular weight is 243 g/mol. The summed E-state index contributed by atoms with van der Waals surface area (Å²) in [6.07, 6.45) is -3.55. The van der Waals surface area contributed by atoms with Gasteiger partial charge in [-0.1, -0.05) is 12.1 Å². The van der Waals surface area contributed by atoms with Gasteiger partial charge in [0.2, 0.25) is 0 Å². The van der Waals surface area contributed by atoms with Crippen LogP contribution >= 0.6 is 0 Å².